The molecule has 0 radical (unpaired) electrons. The van der Waals surface area contributed by atoms with Gasteiger partial charge in [0.25, 0.3) is 0 Å². The van der Waals surface area contributed by atoms with Crippen molar-refractivity contribution < 1.29 is 0 Å². The van der Waals surface area contributed by atoms with Gasteiger partial charge in [-0.3, -0.25) is 0 Å². The summed E-state index contributed by atoms with van der Waals surface area (Å²) in [5, 5.41) is 4.37. The van der Waals surface area contributed by atoms with Crippen LogP contribution in [0.3, 0.4) is 0 Å². The van der Waals surface area contributed by atoms with Crippen molar-refractivity contribution in [1.82, 2.24) is 5.32 Å². The van der Waals surface area contributed by atoms with Crippen molar-refractivity contribution in [2.45, 2.75) is 31.7 Å². The zero-order chi connectivity index (χ0) is 10.7. The minimum Gasteiger partial charge on any atom is -0.310 e. The summed E-state index contributed by atoms with van der Waals surface area (Å²) in [5.41, 5.74) is 1.31. The molecule has 1 fully saturated rings. The molecule has 0 saturated carbocycles. The molecule has 15 heavy (non-hydrogen) atoms. The SMILES string of the molecule is Clc1cc(C2CCCCCN2)ccc1Br. The van der Waals surface area contributed by atoms with Gasteiger partial charge in [0.1, 0.15) is 0 Å². The first kappa shape index (κ1) is 11.4. The quantitative estimate of drug-likeness (QED) is 0.812. The van der Waals surface area contributed by atoms with Crippen molar-refractivity contribution in [1.29, 1.82) is 0 Å². The first-order chi connectivity index (χ1) is 7.27. The van der Waals surface area contributed by atoms with E-state index in [2.05, 4.69) is 33.4 Å². The molecule has 3 heteroatoms. The number of nitrogens with one attached hydrogen (secondary N) is 1. The van der Waals surface area contributed by atoms with Crippen LogP contribution in [0.25, 0.3) is 0 Å². The van der Waals surface area contributed by atoms with E-state index in [1.54, 1.807) is 0 Å². The number of benzene rings is 1. The van der Waals surface area contributed by atoms with Crippen molar-refractivity contribution in [3.63, 3.8) is 0 Å². The lowest BCUT2D eigenvalue weighted by Crippen LogP contribution is -2.20. The molecule has 0 aliphatic carbocycles. The predicted octanol–water partition coefficient (Wildman–Crippen LogP) is 4.31. The highest BCUT2D eigenvalue weighted by Crippen LogP contribution is 2.29. The monoisotopic (exact) mass is 287 g/mol. The summed E-state index contributed by atoms with van der Waals surface area (Å²) in [5.74, 6) is 0. The third kappa shape index (κ3) is 2.96. The third-order valence-corrected chi connectivity index (χ3v) is 4.14. The maximum absolute atomic E-state index is 6.10. The van der Waals surface area contributed by atoms with Gasteiger partial charge in [-0.2, -0.15) is 0 Å². The summed E-state index contributed by atoms with van der Waals surface area (Å²) in [6.45, 7) is 1.12. The normalized spacial score (nSPS) is 22.4. The first-order valence-corrected chi connectivity index (χ1v) is 6.63. The van der Waals surface area contributed by atoms with Gasteiger partial charge in [0.15, 0.2) is 0 Å². The van der Waals surface area contributed by atoms with Gasteiger partial charge in [-0.15, -0.1) is 0 Å². The summed E-state index contributed by atoms with van der Waals surface area (Å²) in [4.78, 5) is 0. The highest BCUT2D eigenvalue weighted by atomic mass is 79.9. The van der Waals surface area contributed by atoms with E-state index in [4.69, 9.17) is 11.6 Å². The minimum absolute atomic E-state index is 0.484. The van der Waals surface area contributed by atoms with E-state index >= 15 is 0 Å². The Morgan fingerprint density at radius 3 is 2.93 bits per heavy atom. The lowest BCUT2D eigenvalue weighted by Gasteiger charge is -2.16. The van der Waals surface area contributed by atoms with Gasteiger partial charge >= 0.3 is 0 Å². The van der Waals surface area contributed by atoms with Crippen LogP contribution in [0.15, 0.2) is 22.7 Å². The molecule has 1 atom stereocenters. The van der Waals surface area contributed by atoms with E-state index in [9.17, 15) is 0 Å². The Morgan fingerprint density at radius 2 is 2.13 bits per heavy atom. The highest BCUT2D eigenvalue weighted by Gasteiger charge is 2.14. The third-order valence-electron chi connectivity index (χ3n) is 2.91. The van der Waals surface area contributed by atoms with E-state index in [0.717, 1.165) is 16.0 Å². The van der Waals surface area contributed by atoms with Gasteiger partial charge in [0.2, 0.25) is 0 Å². The summed E-state index contributed by atoms with van der Waals surface area (Å²) in [7, 11) is 0. The Morgan fingerprint density at radius 1 is 1.27 bits per heavy atom. The molecular weight excluding hydrogens is 273 g/mol. The summed E-state index contributed by atoms with van der Waals surface area (Å²) >= 11 is 9.52. The molecule has 1 heterocycles. The van der Waals surface area contributed by atoms with Crippen LogP contribution < -0.4 is 5.32 Å². The molecule has 0 amide bonds. The largest absolute Gasteiger partial charge is 0.310 e. The number of hydrogen-bond donors (Lipinski definition) is 1. The van der Waals surface area contributed by atoms with Crippen LogP contribution in [-0.4, -0.2) is 6.54 Å². The molecule has 0 spiro atoms. The van der Waals surface area contributed by atoms with Crippen LogP contribution in [0.5, 0.6) is 0 Å². The minimum atomic E-state index is 0.484. The molecule has 1 nitrogen and oxygen atoms in total. The second kappa shape index (κ2) is 5.33. The maximum atomic E-state index is 6.10. The molecule has 1 saturated heterocycles. The molecule has 1 aromatic rings. The van der Waals surface area contributed by atoms with Gasteiger partial charge in [-0.05, 0) is 53.0 Å². The van der Waals surface area contributed by atoms with E-state index in [1.807, 2.05) is 6.07 Å². The zero-order valence-corrected chi connectivity index (χ0v) is 10.9. The lowest BCUT2D eigenvalue weighted by atomic mass is 10.0. The fraction of sp³-hybridized carbons (Fsp3) is 0.500. The molecule has 0 aromatic heterocycles. The summed E-state index contributed by atoms with van der Waals surface area (Å²) in [6.07, 6.45) is 5.16. The Hall–Kier alpha value is -0.0500. The summed E-state index contributed by atoms with van der Waals surface area (Å²) in [6, 6.07) is 6.73. The molecule has 1 aliphatic rings. The average Bonchev–Trinajstić information content (AvgIpc) is 2.50. The number of rotatable bonds is 1. The average molecular weight is 289 g/mol. The Balaban J connectivity index is 2.16. The van der Waals surface area contributed by atoms with Crippen molar-refractivity contribution in [3.8, 4) is 0 Å². The first-order valence-electron chi connectivity index (χ1n) is 5.46. The zero-order valence-electron chi connectivity index (χ0n) is 8.60. The summed E-state index contributed by atoms with van der Waals surface area (Å²) < 4.78 is 0.974. The van der Waals surface area contributed by atoms with Crippen molar-refractivity contribution >= 4 is 27.5 Å². The number of halogens is 2. The van der Waals surface area contributed by atoms with Crippen LogP contribution in [0.1, 0.15) is 37.3 Å². The molecule has 82 valence electrons. The van der Waals surface area contributed by atoms with Crippen LogP contribution in [0.4, 0.5) is 0 Å². The fourth-order valence-electron chi connectivity index (χ4n) is 2.04. The molecular formula is C12H15BrClN. The molecule has 1 unspecified atom stereocenters. The van der Waals surface area contributed by atoms with Crippen LogP contribution >= 0.6 is 27.5 Å². The highest BCUT2D eigenvalue weighted by molar-refractivity contribution is 9.10. The van der Waals surface area contributed by atoms with E-state index in [1.165, 1.54) is 31.2 Å². The van der Waals surface area contributed by atoms with Crippen LogP contribution in [0, 0.1) is 0 Å². The van der Waals surface area contributed by atoms with Crippen molar-refractivity contribution in [3.05, 3.63) is 33.3 Å². The molecule has 0 bridgehead atoms. The lowest BCUT2D eigenvalue weighted by molar-refractivity contribution is 0.535. The van der Waals surface area contributed by atoms with Crippen molar-refractivity contribution in [2.24, 2.45) is 0 Å². The molecule has 1 aliphatic heterocycles. The second-order valence-corrected chi connectivity index (χ2v) is 5.29. The van der Waals surface area contributed by atoms with E-state index in [-0.39, 0.29) is 0 Å². The van der Waals surface area contributed by atoms with Crippen molar-refractivity contribution in [2.75, 3.05) is 6.54 Å². The second-order valence-electron chi connectivity index (χ2n) is 4.03. The van der Waals surface area contributed by atoms with Gasteiger partial charge in [0, 0.05) is 10.5 Å². The smallest absolute Gasteiger partial charge is 0.0551 e. The van der Waals surface area contributed by atoms with Gasteiger partial charge in [-0.1, -0.05) is 30.5 Å². The Labute approximate surface area is 104 Å². The van der Waals surface area contributed by atoms with Crippen LogP contribution in [0.2, 0.25) is 5.02 Å². The van der Waals surface area contributed by atoms with Gasteiger partial charge in [0.05, 0.1) is 5.02 Å². The number of hydrogen-bond acceptors (Lipinski definition) is 1. The molecule has 1 aromatic carbocycles. The Kier molecular flexibility index (Phi) is 4.06. The predicted molar refractivity (Wildman–Crippen MR) is 68.4 cm³/mol. The molecule has 1 N–H and O–H groups in total. The van der Waals surface area contributed by atoms with E-state index < -0.39 is 0 Å². The fourth-order valence-corrected chi connectivity index (χ4v) is 2.48. The molecule has 2 rings (SSSR count). The Bertz CT molecular complexity index is 332. The van der Waals surface area contributed by atoms with Gasteiger partial charge < -0.3 is 5.32 Å². The van der Waals surface area contributed by atoms with Gasteiger partial charge in [-0.25, -0.2) is 0 Å². The standard InChI is InChI=1S/C12H15BrClN/c13-10-6-5-9(8-11(10)14)12-4-2-1-3-7-15-12/h5-6,8,12,15H,1-4,7H2. The maximum Gasteiger partial charge on any atom is 0.0551 e. The van der Waals surface area contributed by atoms with Crippen LogP contribution in [-0.2, 0) is 0 Å². The van der Waals surface area contributed by atoms with E-state index in [0.29, 0.717) is 6.04 Å². The topological polar surface area (TPSA) is 12.0 Å².